The molecule has 0 fully saturated rings. The summed E-state index contributed by atoms with van der Waals surface area (Å²) < 4.78 is 5.81. The van der Waals surface area contributed by atoms with Crippen LogP contribution in [0.5, 0.6) is 0 Å². The van der Waals surface area contributed by atoms with Gasteiger partial charge in [0.1, 0.15) is 13.0 Å². The van der Waals surface area contributed by atoms with Gasteiger partial charge in [0.05, 0.1) is 12.3 Å². The Morgan fingerprint density at radius 2 is 1.92 bits per heavy atom. The lowest BCUT2D eigenvalue weighted by atomic mass is 10.0. The van der Waals surface area contributed by atoms with Crippen molar-refractivity contribution in [2.24, 2.45) is 0 Å². The number of esters is 1. The van der Waals surface area contributed by atoms with E-state index in [-0.39, 0.29) is 25.1 Å². The van der Waals surface area contributed by atoms with E-state index in [1.165, 1.54) is 6.07 Å². The maximum Gasteiger partial charge on any atom is 0.313 e. The summed E-state index contributed by atoms with van der Waals surface area (Å²) >= 11 is 0. The number of Topliss-reactive ketones (excluding diaryl/α,β-unsaturated/α-hetero) is 1. The molecule has 0 bridgehead atoms. The minimum atomic E-state index is -0.596. The van der Waals surface area contributed by atoms with E-state index in [9.17, 15) is 14.4 Å². The highest BCUT2D eigenvalue weighted by Gasteiger charge is 2.13. The van der Waals surface area contributed by atoms with Gasteiger partial charge in [0.15, 0.2) is 5.78 Å². The smallest absolute Gasteiger partial charge is 0.313 e. The molecule has 126 valence electrons. The monoisotopic (exact) mass is 328 g/mol. The standard InChI is InChI=1S/C18H20N2O4/c1-4-24-18(23)10-14(21)11-20-17(22)8-7-16(19-20)15-6-5-12(2)9-13(15)3/h5-9H,4,10-11H2,1-3H3. The number of ether oxygens (including phenoxy) is 1. The number of aromatic nitrogens is 2. The molecule has 1 heterocycles. The Hall–Kier alpha value is -2.76. The van der Waals surface area contributed by atoms with Crippen molar-refractivity contribution >= 4 is 11.8 Å². The number of benzene rings is 1. The number of nitrogens with zero attached hydrogens (tertiary/aromatic N) is 2. The van der Waals surface area contributed by atoms with E-state index in [0.717, 1.165) is 21.4 Å². The number of hydrogen-bond donors (Lipinski definition) is 0. The van der Waals surface area contributed by atoms with Crippen molar-refractivity contribution in [2.75, 3.05) is 6.61 Å². The fourth-order valence-electron chi connectivity index (χ4n) is 2.40. The Kier molecular flexibility index (Phi) is 5.63. The van der Waals surface area contributed by atoms with E-state index in [0.29, 0.717) is 5.69 Å². The zero-order chi connectivity index (χ0) is 17.7. The summed E-state index contributed by atoms with van der Waals surface area (Å²) in [5.41, 5.74) is 3.28. The van der Waals surface area contributed by atoms with Crippen LogP contribution in [0.4, 0.5) is 0 Å². The number of rotatable bonds is 6. The lowest BCUT2D eigenvalue weighted by Gasteiger charge is -2.09. The second-order valence-corrected chi connectivity index (χ2v) is 5.55. The molecule has 0 aliphatic heterocycles. The summed E-state index contributed by atoms with van der Waals surface area (Å²) in [6.07, 6.45) is -0.365. The van der Waals surface area contributed by atoms with E-state index >= 15 is 0 Å². The quantitative estimate of drug-likeness (QED) is 0.599. The average Bonchev–Trinajstić information content (AvgIpc) is 2.50. The third-order valence-corrected chi connectivity index (χ3v) is 3.50. The van der Waals surface area contributed by atoms with Gasteiger partial charge in [-0.05, 0) is 32.4 Å². The molecule has 2 aromatic rings. The molecule has 0 N–H and O–H groups in total. The van der Waals surface area contributed by atoms with Gasteiger partial charge < -0.3 is 4.74 Å². The van der Waals surface area contributed by atoms with E-state index < -0.39 is 11.8 Å². The molecule has 0 saturated carbocycles. The minimum Gasteiger partial charge on any atom is -0.466 e. The second kappa shape index (κ2) is 7.68. The fourth-order valence-corrected chi connectivity index (χ4v) is 2.40. The van der Waals surface area contributed by atoms with Crippen molar-refractivity contribution in [3.8, 4) is 11.3 Å². The van der Waals surface area contributed by atoms with Gasteiger partial charge in [-0.3, -0.25) is 14.4 Å². The normalized spacial score (nSPS) is 10.5. The van der Waals surface area contributed by atoms with Crippen LogP contribution in [-0.4, -0.2) is 28.1 Å². The summed E-state index contributed by atoms with van der Waals surface area (Å²) in [5, 5.41) is 4.26. The van der Waals surface area contributed by atoms with Crippen molar-refractivity contribution in [2.45, 2.75) is 33.7 Å². The third kappa shape index (κ3) is 4.38. The van der Waals surface area contributed by atoms with Crippen LogP contribution in [0.3, 0.4) is 0 Å². The molecule has 0 unspecified atom stereocenters. The molecule has 0 aliphatic carbocycles. The molecular formula is C18H20N2O4. The van der Waals surface area contributed by atoms with Gasteiger partial charge in [-0.2, -0.15) is 5.10 Å². The largest absolute Gasteiger partial charge is 0.466 e. The highest BCUT2D eigenvalue weighted by atomic mass is 16.5. The molecule has 1 aromatic heterocycles. The summed E-state index contributed by atoms with van der Waals surface area (Å²) in [7, 11) is 0. The summed E-state index contributed by atoms with van der Waals surface area (Å²) in [6, 6.07) is 8.93. The van der Waals surface area contributed by atoms with Gasteiger partial charge in [-0.25, -0.2) is 4.68 Å². The Morgan fingerprint density at radius 3 is 2.58 bits per heavy atom. The number of aryl methyl sites for hydroxylation is 2. The van der Waals surface area contributed by atoms with Crippen molar-refractivity contribution < 1.29 is 14.3 Å². The molecule has 0 aliphatic rings. The number of carbonyl (C=O) groups is 2. The SMILES string of the molecule is CCOC(=O)CC(=O)Cn1nc(-c2ccc(C)cc2C)ccc1=O. The molecule has 0 atom stereocenters. The molecule has 0 spiro atoms. The van der Waals surface area contributed by atoms with Crippen LogP contribution in [-0.2, 0) is 20.9 Å². The molecule has 0 saturated heterocycles. The first-order valence-corrected chi connectivity index (χ1v) is 7.74. The molecule has 1 aromatic carbocycles. The predicted molar refractivity (Wildman–Crippen MR) is 89.7 cm³/mol. The summed E-state index contributed by atoms with van der Waals surface area (Å²) in [4.78, 5) is 35.2. The van der Waals surface area contributed by atoms with Gasteiger partial charge in [0, 0.05) is 11.6 Å². The predicted octanol–water partition coefficient (Wildman–Crippen LogP) is 2.05. The Bertz CT molecular complexity index is 824. The van der Waals surface area contributed by atoms with E-state index in [4.69, 9.17) is 4.74 Å². The van der Waals surface area contributed by atoms with Crippen LogP contribution in [0.15, 0.2) is 35.1 Å². The molecule has 2 rings (SSSR count). The van der Waals surface area contributed by atoms with E-state index in [1.54, 1.807) is 13.0 Å². The first kappa shape index (κ1) is 17.6. The summed E-state index contributed by atoms with van der Waals surface area (Å²) in [6.45, 7) is 5.59. The Morgan fingerprint density at radius 1 is 1.17 bits per heavy atom. The Balaban J connectivity index is 2.24. The molecular weight excluding hydrogens is 308 g/mol. The third-order valence-electron chi connectivity index (χ3n) is 3.50. The number of carbonyl (C=O) groups excluding carboxylic acids is 2. The van der Waals surface area contributed by atoms with Crippen LogP contribution < -0.4 is 5.56 Å². The van der Waals surface area contributed by atoms with Crippen molar-refractivity contribution in [1.29, 1.82) is 0 Å². The van der Waals surface area contributed by atoms with Gasteiger partial charge in [-0.15, -0.1) is 0 Å². The highest BCUT2D eigenvalue weighted by Crippen LogP contribution is 2.21. The van der Waals surface area contributed by atoms with Crippen molar-refractivity contribution in [1.82, 2.24) is 9.78 Å². The highest BCUT2D eigenvalue weighted by molar-refractivity contribution is 5.95. The van der Waals surface area contributed by atoms with Gasteiger partial charge in [-0.1, -0.05) is 23.8 Å². The first-order valence-electron chi connectivity index (χ1n) is 7.74. The molecule has 24 heavy (non-hydrogen) atoms. The molecule has 6 nitrogen and oxygen atoms in total. The lowest BCUT2D eigenvalue weighted by Crippen LogP contribution is -2.27. The van der Waals surface area contributed by atoms with E-state index in [1.807, 2.05) is 32.0 Å². The van der Waals surface area contributed by atoms with Crippen LogP contribution in [0, 0.1) is 13.8 Å². The van der Waals surface area contributed by atoms with Gasteiger partial charge in [0.25, 0.3) is 5.56 Å². The number of ketones is 1. The molecule has 6 heteroatoms. The molecule has 0 radical (unpaired) electrons. The average molecular weight is 328 g/mol. The van der Waals surface area contributed by atoms with Gasteiger partial charge >= 0.3 is 5.97 Å². The van der Waals surface area contributed by atoms with Crippen molar-refractivity contribution in [3.05, 3.63) is 51.8 Å². The number of hydrogen-bond acceptors (Lipinski definition) is 5. The zero-order valence-corrected chi connectivity index (χ0v) is 14.0. The van der Waals surface area contributed by atoms with Crippen molar-refractivity contribution in [3.63, 3.8) is 0 Å². The molecule has 0 amide bonds. The topological polar surface area (TPSA) is 78.3 Å². The van der Waals surface area contributed by atoms with Crippen LogP contribution in [0.2, 0.25) is 0 Å². The maximum atomic E-state index is 11.9. The fraction of sp³-hybridized carbons (Fsp3) is 0.333. The second-order valence-electron chi connectivity index (χ2n) is 5.55. The van der Waals surface area contributed by atoms with E-state index in [2.05, 4.69) is 5.10 Å². The lowest BCUT2D eigenvalue weighted by molar-refractivity contribution is -0.145. The van der Waals surface area contributed by atoms with Crippen LogP contribution >= 0.6 is 0 Å². The first-order chi connectivity index (χ1) is 11.4. The zero-order valence-electron chi connectivity index (χ0n) is 14.0. The van der Waals surface area contributed by atoms with Gasteiger partial charge in [0.2, 0.25) is 0 Å². The Labute approximate surface area is 140 Å². The minimum absolute atomic E-state index is 0.215. The maximum absolute atomic E-state index is 11.9. The summed E-state index contributed by atoms with van der Waals surface area (Å²) in [5.74, 6) is -1.01. The van der Waals surface area contributed by atoms with Crippen LogP contribution in [0.25, 0.3) is 11.3 Å². The van der Waals surface area contributed by atoms with Crippen LogP contribution in [0.1, 0.15) is 24.5 Å².